The molecule has 0 radical (unpaired) electrons. The molecule has 0 N–H and O–H groups in total. The van der Waals surface area contributed by atoms with Crippen molar-refractivity contribution in [2.75, 3.05) is 0 Å². The molecule has 0 aliphatic heterocycles. The quantitative estimate of drug-likeness (QED) is 0.492. The van der Waals surface area contributed by atoms with Crippen molar-refractivity contribution in [1.82, 2.24) is 9.97 Å². The highest BCUT2D eigenvalue weighted by Crippen LogP contribution is 2.34. The van der Waals surface area contributed by atoms with Crippen molar-refractivity contribution in [3.05, 3.63) is 77.1 Å². The van der Waals surface area contributed by atoms with Crippen molar-refractivity contribution in [2.45, 2.75) is 46.5 Å². The Kier molecular flexibility index (Phi) is 5.80. The van der Waals surface area contributed by atoms with E-state index >= 15 is 0 Å². The minimum Gasteiger partial charge on any atom is -0.254 e. The lowest BCUT2D eigenvalue weighted by Gasteiger charge is -2.16. The predicted octanol–water partition coefficient (Wildman–Crippen LogP) is 6.45. The Balaban J connectivity index is 1.97. The number of aryl methyl sites for hydroxylation is 1. The van der Waals surface area contributed by atoms with E-state index in [2.05, 4.69) is 56.9 Å². The number of para-hydroxylation sites is 1. The molecule has 138 valence electrons. The molecule has 3 nitrogen and oxygen atoms in total. The minimum absolute atomic E-state index is 0.423. The van der Waals surface area contributed by atoms with E-state index < -0.39 is 0 Å². The third kappa shape index (κ3) is 4.48. The summed E-state index contributed by atoms with van der Waals surface area (Å²) in [5.74, 6) is 0.846. The van der Waals surface area contributed by atoms with Crippen LogP contribution in [0.1, 0.15) is 61.9 Å². The molecular formula is C24H27N3. The molecule has 0 aliphatic rings. The van der Waals surface area contributed by atoms with Gasteiger partial charge < -0.3 is 0 Å². The van der Waals surface area contributed by atoms with Crippen molar-refractivity contribution >= 4 is 11.9 Å². The van der Waals surface area contributed by atoms with Gasteiger partial charge in [0.1, 0.15) is 0 Å². The maximum absolute atomic E-state index is 4.86. The van der Waals surface area contributed by atoms with Gasteiger partial charge >= 0.3 is 0 Å². The highest BCUT2D eigenvalue weighted by atomic mass is 14.8. The van der Waals surface area contributed by atoms with Gasteiger partial charge in [-0.25, -0.2) is 4.98 Å². The average molecular weight is 358 g/mol. The Bertz CT molecular complexity index is 912. The van der Waals surface area contributed by atoms with Crippen molar-refractivity contribution < 1.29 is 0 Å². The first-order chi connectivity index (χ1) is 13.0. The topological polar surface area (TPSA) is 38.1 Å². The van der Waals surface area contributed by atoms with Gasteiger partial charge in [0.25, 0.3) is 0 Å². The Morgan fingerprint density at radius 1 is 0.815 bits per heavy atom. The van der Waals surface area contributed by atoms with Gasteiger partial charge in [0.05, 0.1) is 29.0 Å². The molecule has 0 spiro atoms. The van der Waals surface area contributed by atoms with Gasteiger partial charge in [0.15, 0.2) is 0 Å². The maximum atomic E-state index is 4.86. The lowest BCUT2D eigenvalue weighted by molar-refractivity contribution is 0.835. The molecule has 3 heteroatoms. The van der Waals surface area contributed by atoms with E-state index in [1.807, 2.05) is 43.6 Å². The molecular weight excluding hydrogens is 330 g/mol. The van der Waals surface area contributed by atoms with E-state index in [4.69, 9.17) is 9.98 Å². The third-order valence-corrected chi connectivity index (χ3v) is 4.61. The van der Waals surface area contributed by atoms with Crippen molar-refractivity contribution in [3.63, 3.8) is 0 Å². The highest BCUT2D eigenvalue weighted by molar-refractivity contribution is 5.81. The molecule has 0 saturated heterocycles. The van der Waals surface area contributed by atoms with Crippen LogP contribution in [0.5, 0.6) is 0 Å². The fourth-order valence-corrected chi connectivity index (χ4v) is 3.08. The summed E-state index contributed by atoms with van der Waals surface area (Å²) in [6, 6.07) is 16.5. The van der Waals surface area contributed by atoms with Gasteiger partial charge in [-0.15, -0.1) is 0 Å². The van der Waals surface area contributed by atoms with Gasteiger partial charge in [-0.2, -0.15) is 0 Å². The second-order valence-electron chi connectivity index (χ2n) is 7.52. The van der Waals surface area contributed by atoms with E-state index in [0.29, 0.717) is 11.8 Å². The number of hydrogen-bond donors (Lipinski definition) is 0. The van der Waals surface area contributed by atoms with Crippen LogP contribution >= 0.6 is 0 Å². The molecule has 3 rings (SSSR count). The standard InChI is InChI=1S/C24H27N3/c1-16(2)20-9-7-10-21(17(3)4)24(20)26-15-19-8-6-11-23(27-19)22-13-12-18(5)14-25-22/h6-17H,1-5H3. The van der Waals surface area contributed by atoms with Crippen LogP contribution in [0.15, 0.2) is 59.7 Å². The summed E-state index contributed by atoms with van der Waals surface area (Å²) in [7, 11) is 0. The van der Waals surface area contributed by atoms with E-state index in [-0.39, 0.29) is 0 Å². The molecule has 0 aliphatic carbocycles. The van der Waals surface area contributed by atoms with Gasteiger partial charge in [-0.1, -0.05) is 58.0 Å². The molecule has 3 aromatic rings. The molecule has 0 atom stereocenters. The maximum Gasteiger partial charge on any atom is 0.0894 e. The van der Waals surface area contributed by atoms with Gasteiger partial charge in [-0.3, -0.25) is 9.98 Å². The van der Waals surface area contributed by atoms with Crippen LogP contribution in [0.4, 0.5) is 5.69 Å². The van der Waals surface area contributed by atoms with Crippen LogP contribution < -0.4 is 0 Å². The molecule has 1 aromatic carbocycles. The minimum atomic E-state index is 0.423. The molecule has 0 amide bonds. The zero-order valence-electron chi connectivity index (χ0n) is 16.8. The first kappa shape index (κ1) is 19.0. The van der Waals surface area contributed by atoms with Crippen molar-refractivity contribution in [2.24, 2.45) is 4.99 Å². The normalized spacial score (nSPS) is 11.7. The molecule has 2 heterocycles. The Labute approximate surface area is 162 Å². The monoisotopic (exact) mass is 357 g/mol. The number of nitrogens with zero attached hydrogens (tertiary/aromatic N) is 3. The highest BCUT2D eigenvalue weighted by Gasteiger charge is 2.12. The molecule has 0 bridgehead atoms. The number of pyridine rings is 2. The Morgan fingerprint density at radius 3 is 2.07 bits per heavy atom. The lowest BCUT2D eigenvalue weighted by Crippen LogP contribution is -1.97. The third-order valence-electron chi connectivity index (χ3n) is 4.61. The summed E-state index contributed by atoms with van der Waals surface area (Å²) < 4.78 is 0. The first-order valence-electron chi connectivity index (χ1n) is 9.52. The van der Waals surface area contributed by atoms with Gasteiger partial charge in [-0.05, 0) is 53.6 Å². The summed E-state index contributed by atoms with van der Waals surface area (Å²) in [5, 5.41) is 0. The number of aromatic nitrogens is 2. The molecule has 27 heavy (non-hydrogen) atoms. The van der Waals surface area contributed by atoms with Gasteiger partial charge in [0, 0.05) is 6.20 Å². The fourth-order valence-electron chi connectivity index (χ4n) is 3.08. The largest absolute Gasteiger partial charge is 0.254 e. The smallest absolute Gasteiger partial charge is 0.0894 e. The second kappa shape index (κ2) is 8.26. The van der Waals surface area contributed by atoms with E-state index in [0.717, 1.165) is 28.3 Å². The molecule has 0 fully saturated rings. The van der Waals surface area contributed by atoms with Crippen LogP contribution in [-0.4, -0.2) is 16.2 Å². The van der Waals surface area contributed by atoms with Crippen LogP contribution in [0.3, 0.4) is 0 Å². The number of hydrogen-bond acceptors (Lipinski definition) is 3. The average Bonchev–Trinajstić information content (AvgIpc) is 2.66. The summed E-state index contributed by atoms with van der Waals surface area (Å²) in [6.07, 6.45) is 3.73. The number of rotatable bonds is 5. The summed E-state index contributed by atoms with van der Waals surface area (Å²) in [5.41, 5.74) is 7.33. The molecule has 0 unspecified atom stereocenters. The van der Waals surface area contributed by atoms with E-state index in [9.17, 15) is 0 Å². The Hall–Kier alpha value is -2.81. The van der Waals surface area contributed by atoms with Crippen molar-refractivity contribution in [1.29, 1.82) is 0 Å². The van der Waals surface area contributed by atoms with Crippen molar-refractivity contribution in [3.8, 4) is 11.4 Å². The predicted molar refractivity (Wildman–Crippen MR) is 114 cm³/mol. The van der Waals surface area contributed by atoms with Gasteiger partial charge in [0.2, 0.25) is 0 Å². The lowest BCUT2D eigenvalue weighted by atomic mass is 9.93. The van der Waals surface area contributed by atoms with Crippen LogP contribution in [0, 0.1) is 6.92 Å². The van der Waals surface area contributed by atoms with Crippen LogP contribution in [0.2, 0.25) is 0 Å². The Morgan fingerprint density at radius 2 is 1.48 bits per heavy atom. The summed E-state index contributed by atoms with van der Waals surface area (Å²) in [4.78, 5) is 14.1. The number of benzene rings is 1. The van der Waals surface area contributed by atoms with Crippen LogP contribution in [0.25, 0.3) is 11.4 Å². The zero-order valence-corrected chi connectivity index (χ0v) is 16.8. The van der Waals surface area contributed by atoms with E-state index in [1.165, 1.54) is 11.1 Å². The second-order valence-corrected chi connectivity index (χ2v) is 7.52. The fraction of sp³-hybridized carbons (Fsp3) is 0.292. The molecule has 0 saturated carbocycles. The number of aliphatic imine (C=N–C) groups is 1. The molecule has 2 aromatic heterocycles. The van der Waals surface area contributed by atoms with Crippen LogP contribution in [-0.2, 0) is 0 Å². The zero-order chi connectivity index (χ0) is 19.4. The summed E-state index contributed by atoms with van der Waals surface area (Å²) >= 11 is 0. The first-order valence-corrected chi connectivity index (χ1v) is 9.52. The summed E-state index contributed by atoms with van der Waals surface area (Å²) in [6.45, 7) is 10.9. The van der Waals surface area contributed by atoms with E-state index in [1.54, 1.807) is 0 Å². The SMILES string of the molecule is Cc1ccc(-c2cccc(C=Nc3c(C(C)C)cccc3C(C)C)n2)nc1.